The highest BCUT2D eigenvalue weighted by Crippen LogP contribution is 2.25. The number of benzene rings is 1. The normalized spacial score (nSPS) is 10.8. The first-order valence-electron chi connectivity index (χ1n) is 6.15. The van der Waals surface area contributed by atoms with Crippen LogP contribution in [0.4, 0.5) is 0 Å². The summed E-state index contributed by atoms with van der Waals surface area (Å²) < 4.78 is 20.8. The molecule has 0 N–H and O–H groups in total. The Balaban J connectivity index is 2.43. The second-order valence-corrected chi connectivity index (χ2v) is 4.30. The number of rotatable bonds is 6. The van der Waals surface area contributed by atoms with Gasteiger partial charge in [0, 0.05) is 21.3 Å². The quantitative estimate of drug-likeness (QED) is 0.749. The molecule has 0 aliphatic rings. The topological polar surface area (TPSA) is 62.7 Å². The van der Waals surface area contributed by atoms with Crippen LogP contribution in [0.15, 0.2) is 18.3 Å². The highest BCUT2D eigenvalue weighted by molar-refractivity contribution is 6.37. The second-order valence-electron chi connectivity index (χ2n) is 4.30. The van der Waals surface area contributed by atoms with E-state index >= 15 is 0 Å². The van der Waals surface area contributed by atoms with Crippen LogP contribution in [0, 0.1) is 6.92 Å². The van der Waals surface area contributed by atoms with Crippen LogP contribution in [0.5, 0.6) is 5.75 Å². The zero-order valence-electron chi connectivity index (χ0n) is 12.0. The van der Waals surface area contributed by atoms with Gasteiger partial charge < -0.3 is 18.7 Å². The van der Waals surface area contributed by atoms with E-state index in [9.17, 15) is 0 Å². The molecule has 0 unspecified atom stereocenters. The standard InChI is InChI=1S/C13H17BN2O4/c1-9-5-11-13(15-7-10(16-11)8-17-2)12(6-9)20-14(18-3)19-4/h5-7H,8H2,1-4H3. The number of aryl methyl sites for hydroxylation is 1. The van der Waals surface area contributed by atoms with Gasteiger partial charge in [0.2, 0.25) is 0 Å². The van der Waals surface area contributed by atoms with E-state index in [1.54, 1.807) is 13.3 Å². The largest absolute Gasteiger partial charge is 0.712 e. The maximum atomic E-state index is 5.63. The summed E-state index contributed by atoms with van der Waals surface area (Å²) >= 11 is 0. The summed E-state index contributed by atoms with van der Waals surface area (Å²) in [6.45, 7) is 2.39. The lowest BCUT2D eigenvalue weighted by Crippen LogP contribution is -2.27. The van der Waals surface area contributed by atoms with Gasteiger partial charge in [-0.1, -0.05) is 0 Å². The molecule has 0 radical (unpaired) electrons. The Morgan fingerprint density at radius 3 is 2.55 bits per heavy atom. The molecular formula is C13H17BN2O4. The van der Waals surface area contributed by atoms with Crippen LogP contribution in [-0.4, -0.2) is 38.6 Å². The Morgan fingerprint density at radius 2 is 1.90 bits per heavy atom. The zero-order valence-corrected chi connectivity index (χ0v) is 12.0. The van der Waals surface area contributed by atoms with Crippen molar-refractivity contribution in [3.05, 3.63) is 29.6 Å². The van der Waals surface area contributed by atoms with Gasteiger partial charge in [-0.15, -0.1) is 0 Å². The summed E-state index contributed by atoms with van der Waals surface area (Å²) in [6.07, 6.45) is 1.67. The van der Waals surface area contributed by atoms with E-state index in [1.165, 1.54) is 14.2 Å². The number of ether oxygens (including phenoxy) is 1. The number of nitrogens with zero attached hydrogens (tertiary/aromatic N) is 2. The second kappa shape index (κ2) is 6.65. The van der Waals surface area contributed by atoms with E-state index in [4.69, 9.17) is 18.7 Å². The molecule has 20 heavy (non-hydrogen) atoms. The average molecular weight is 276 g/mol. The fourth-order valence-electron chi connectivity index (χ4n) is 1.87. The predicted molar refractivity (Wildman–Crippen MR) is 75.4 cm³/mol. The van der Waals surface area contributed by atoms with E-state index in [1.807, 2.05) is 19.1 Å². The maximum absolute atomic E-state index is 5.63. The third-order valence-corrected chi connectivity index (χ3v) is 2.71. The van der Waals surface area contributed by atoms with Gasteiger partial charge in [-0.3, -0.25) is 0 Å². The monoisotopic (exact) mass is 276 g/mol. The van der Waals surface area contributed by atoms with Crippen LogP contribution in [0.2, 0.25) is 0 Å². The molecule has 0 amide bonds. The molecule has 106 valence electrons. The highest BCUT2D eigenvalue weighted by atomic mass is 16.7. The van der Waals surface area contributed by atoms with Crippen LogP contribution in [-0.2, 0) is 20.7 Å². The van der Waals surface area contributed by atoms with Crippen LogP contribution < -0.4 is 4.65 Å². The molecule has 6 nitrogen and oxygen atoms in total. The van der Waals surface area contributed by atoms with Crippen LogP contribution in [0.25, 0.3) is 11.0 Å². The molecule has 1 heterocycles. The van der Waals surface area contributed by atoms with Gasteiger partial charge in [-0.25, -0.2) is 9.97 Å². The van der Waals surface area contributed by atoms with Crippen molar-refractivity contribution in [1.82, 2.24) is 9.97 Å². The summed E-state index contributed by atoms with van der Waals surface area (Å²) in [5.74, 6) is 0.574. The summed E-state index contributed by atoms with van der Waals surface area (Å²) in [6, 6.07) is 3.82. The molecule has 0 aliphatic heterocycles. The van der Waals surface area contributed by atoms with Gasteiger partial charge in [0.1, 0.15) is 11.3 Å². The molecule has 0 fully saturated rings. The summed E-state index contributed by atoms with van der Waals surface area (Å²) in [4.78, 5) is 8.88. The van der Waals surface area contributed by atoms with Crippen molar-refractivity contribution >= 4 is 18.4 Å². The lowest BCUT2D eigenvalue weighted by Gasteiger charge is -2.13. The first-order valence-corrected chi connectivity index (χ1v) is 6.15. The number of methoxy groups -OCH3 is 1. The van der Waals surface area contributed by atoms with E-state index in [-0.39, 0.29) is 0 Å². The Hall–Kier alpha value is -1.70. The van der Waals surface area contributed by atoms with Crippen molar-refractivity contribution in [3.63, 3.8) is 0 Å². The van der Waals surface area contributed by atoms with Gasteiger partial charge in [0.15, 0.2) is 0 Å². The van der Waals surface area contributed by atoms with Gasteiger partial charge >= 0.3 is 7.32 Å². The number of fused-ring (bicyclic) bond motifs is 1. The first kappa shape index (κ1) is 14.7. The molecule has 0 saturated carbocycles. The molecule has 0 spiro atoms. The Labute approximate surface area is 118 Å². The fourth-order valence-corrected chi connectivity index (χ4v) is 1.87. The molecule has 7 heteroatoms. The van der Waals surface area contributed by atoms with Crippen molar-refractivity contribution in [2.75, 3.05) is 21.3 Å². The first-order chi connectivity index (χ1) is 9.67. The minimum atomic E-state index is -0.777. The third-order valence-electron chi connectivity index (χ3n) is 2.71. The van der Waals surface area contributed by atoms with E-state index in [0.717, 1.165) is 16.8 Å². The van der Waals surface area contributed by atoms with E-state index in [2.05, 4.69) is 9.97 Å². The van der Waals surface area contributed by atoms with Gasteiger partial charge in [0.25, 0.3) is 0 Å². The highest BCUT2D eigenvalue weighted by Gasteiger charge is 2.22. The SMILES string of the molecule is COCc1cnc2c(OB(OC)OC)cc(C)cc2n1. The molecule has 0 atom stereocenters. The van der Waals surface area contributed by atoms with Crippen molar-refractivity contribution in [3.8, 4) is 5.75 Å². The smallest absolute Gasteiger partial charge is 0.510 e. The van der Waals surface area contributed by atoms with E-state index < -0.39 is 7.32 Å². The van der Waals surface area contributed by atoms with Crippen LogP contribution >= 0.6 is 0 Å². The van der Waals surface area contributed by atoms with Gasteiger partial charge in [-0.2, -0.15) is 0 Å². The minimum absolute atomic E-state index is 0.422. The lowest BCUT2D eigenvalue weighted by atomic mass is 10.1. The Kier molecular flexibility index (Phi) is 4.89. The third kappa shape index (κ3) is 3.25. The predicted octanol–water partition coefficient (Wildman–Crippen LogP) is 1.74. The zero-order chi connectivity index (χ0) is 14.5. The molecule has 0 saturated heterocycles. The summed E-state index contributed by atoms with van der Waals surface area (Å²) in [7, 11) is 3.86. The molecular weight excluding hydrogens is 259 g/mol. The van der Waals surface area contributed by atoms with Crippen molar-refractivity contribution in [2.24, 2.45) is 0 Å². The Morgan fingerprint density at radius 1 is 1.15 bits per heavy atom. The molecule has 1 aromatic heterocycles. The molecule has 2 aromatic rings. The van der Waals surface area contributed by atoms with Crippen molar-refractivity contribution in [1.29, 1.82) is 0 Å². The minimum Gasteiger partial charge on any atom is -0.510 e. The van der Waals surface area contributed by atoms with Crippen LogP contribution in [0.3, 0.4) is 0 Å². The maximum Gasteiger partial charge on any atom is 0.712 e. The molecule has 0 bridgehead atoms. The van der Waals surface area contributed by atoms with E-state index in [0.29, 0.717) is 17.9 Å². The van der Waals surface area contributed by atoms with Crippen LogP contribution in [0.1, 0.15) is 11.3 Å². The summed E-state index contributed by atoms with van der Waals surface area (Å²) in [5, 5.41) is 0. The number of hydrogen-bond acceptors (Lipinski definition) is 6. The number of hydrogen-bond donors (Lipinski definition) is 0. The summed E-state index contributed by atoms with van der Waals surface area (Å²) in [5.41, 5.74) is 3.20. The molecule has 0 aliphatic carbocycles. The fraction of sp³-hybridized carbons (Fsp3) is 0.385. The Bertz CT molecular complexity index is 590. The molecule has 1 aromatic carbocycles. The van der Waals surface area contributed by atoms with Gasteiger partial charge in [0.05, 0.1) is 24.0 Å². The number of aromatic nitrogens is 2. The lowest BCUT2D eigenvalue weighted by molar-refractivity contribution is 0.181. The molecule has 2 rings (SSSR count). The average Bonchev–Trinajstić information content (AvgIpc) is 2.44. The van der Waals surface area contributed by atoms with Crippen molar-refractivity contribution < 1.29 is 18.7 Å². The van der Waals surface area contributed by atoms with Crippen molar-refractivity contribution in [2.45, 2.75) is 13.5 Å². The van der Waals surface area contributed by atoms with Gasteiger partial charge in [-0.05, 0) is 24.6 Å².